The van der Waals surface area contributed by atoms with Crippen molar-refractivity contribution in [3.8, 4) is 0 Å². The minimum atomic E-state index is 0.146. The summed E-state index contributed by atoms with van der Waals surface area (Å²) in [6.07, 6.45) is 1.67. The Morgan fingerprint density at radius 1 is 1.58 bits per heavy atom. The van der Waals surface area contributed by atoms with E-state index in [-0.39, 0.29) is 11.4 Å². The molecule has 0 radical (unpaired) electrons. The van der Waals surface area contributed by atoms with Crippen molar-refractivity contribution in [2.75, 3.05) is 6.54 Å². The van der Waals surface area contributed by atoms with E-state index in [0.29, 0.717) is 12.5 Å². The van der Waals surface area contributed by atoms with Gasteiger partial charge in [-0.15, -0.1) is 0 Å². The lowest BCUT2D eigenvalue weighted by atomic mass is 10.1. The van der Waals surface area contributed by atoms with E-state index in [1.54, 1.807) is 0 Å². The Labute approximate surface area is 73.9 Å². The van der Waals surface area contributed by atoms with Crippen molar-refractivity contribution in [2.45, 2.75) is 45.2 Å². The molecular formula is C9H18N2O. The summed E-state index contributed by atoms with van der Waals surface area (Å²) in [5.74, 6) is 0.190. The molecule has 0 saturated carbocycles. The summed E-state index contributed by atoms with van der Waals surface area (Å²) in [4.78, 5) is 10.8. The van der Waals surface area contributed by atoms with Gasteiger partial charge in [-0.3, -0.25) is 4.79 Å². The van der Waals surface area contributed by atoms with Crippen LogP contribution in [0.2, 0.25) is 0 Å². The summed E-state index contributed by atoms with van der Waals surface area (Å²) >= 11 is 0. The van der Waals surface area contributed by atoms with Crippen LogP contribution in [-0.4, -0.2) is 24.0 Å². The van der Waals surface area contributed by atoms with E-state index in [1.165, 1.54) is 0 Å². The molecule has 1 aliphatic heterocycles. The fraction of sp³-hybridized carbons (Fsp3) is 0.889. The molecule has 0 aliphatic carbocycles. The van der Waals surface area contributed by atoms with E-state index in [9.17, 15) is 4.79 Å². The number of amides is 1. The number of carbonyl (C=O) groups is 1. The van der Waals surface area contributed by atoms with Gasteiger partial charge in [0.2, 0.25) is 5.91 Å². The molecule has 0 spiro atoms. The zero-order chi connectivity index (χ0) is 9.19. The van der Waals surface area contributed by atoms with E-state index < -0.39 is 0 Å². The fourth-order valence-electron chi connectivity index (χ4n) is 1.26. The van der Waals surface area contributed by atoms with Gasteiger partial charge < -0.3 is 10.6 Å². The molecule has 0 bridgehead atoms. The maximum atomic E-state index is 10.8. The second kappa shape index (κ2) is 3.44. The van der Waals surface area contributed by atoms with Gasteiger partial charge in [0.25, 0.3) is 0 Å². The second-order valence-electron chi connectivity index (χ2n) is 4.43. The standard InChI is InChI=1S/C9H18N2O/c1-9(2,3)10-6-7-4-5-8(12)11-7/h7,10H,4-6H2,1-3H3,(H,11,12)/t7-/m0/s1. The summed E-state index contributed by atoms with van der Waals surface area (Å²) in [5, 5.41) is 6.29. The molecule has 3 heteroatoms. The van der Waals surface area contributed by atoms with Gasteiger partial charge in [-0.05, 0) is 27.2 Å². The second-order valence-corrected chi connectivity index (χ2v) is 4.43. The van der Waals surface area contributed by atoms with Crippen LogP contribution in [0.3, 0.4) is 0 Å². The molecule has 0 unspecified atom stereocenters. The average Bonchev–Trinajstić information content (AvgIpc) is 2.30. The molecule has 2 N–H and O–H groups in total. The highest BCUT2D eigenvalue weighted by Gasteiger charge is 2.21. The summed E-state index contributed by atoms with van der Waals surface area (Å²) in [5.41, 5.74) is 0.146. The van der Waals surface area contributed by atoms with Gasteiger partial charge in [-0.1, -0.05) is 0 Å². The molecule has 0 aromatic rings. The first-order valence-corrected chi connectivity index (χ1v) is 4.52. The zero-order valence-corrected chi connectivity index (χ0v) is 8.11. The summed E-state index contributed by atoms with van der Waals surface area (Å²) in [6.45, 7) is 7.27. The molecule has 0 aromatic carbocycles. The Bertz CT molecular complexity index is 172. The Morgan fingerprint density at radius 2 is 2.25 bits per heavy atom. The predicted octanol–water partition coefficient (Wildman–Crippen LogP) is 0.653. The van der Waals surface area contributed by atoms with Crippen LogP contribution in [-0.2, 0) is 4.79 Å². The lowest BCUT2D eigenvalue weighted by Gasteiger charge is -2.23. The number of hydrogen-bond acceptors (Lipinski definition) is 2. The van der Waals surface area contributed by atoms with E-state index >= 15 is 0 Å². The Hall–Kier alpha value is -0.570. The first kappa shape index (κ1) is 9.52. The minimum Gasteiger partial charge on any atom is -0.352 e. The molecule has 1 rings (SSSR count). The molecule has 12 heavy (non-hydrogen) atoms. The lowest BCUT2D eigenvalue weighted by molar-refractivity contribution is -0.119. The number of hydrogen-bond donors (Lipinski definition) is 2. The number of carbonyl (C=O) groups excluding carboxylic acids is 1. The van der Waals surface area contributed by atoms with Crippen molar-refractivity contribution in [1.82, 2.24) is 10.6 Å². The third-order valence-corrected chi connectivity index (χ3v) is 1.96. The van der Waals surface area contributed by atoms with Crippen LogP contribution in [0, 0.1) is 0 Å². The maximum Gasteiger partial charge on any atom is 0.220 e. The van der Waals surface area contributed by atoms with Crippen LogP contribution in [0.5, 0.6) is 0 Å². The van der Waals surface area contributed by atoms with Crippen LogP contribution < -0.4 is 10.6 Å². The van der Waals surface area contributed by atoms with Gasteiger partial charge >= 0.3 is 0 Å². The monoisotopic (exact) mass is 170 g/mol. The average molecular weight is 170 g/mol. The van der Waals surface area contributed by atoms with E-state index in [4.69, 9.17) is 0 Å². The molecule has 70 valence electrons. The Morgan fingerprint density at radius 3 is 2.67 bits per heavy atom. The van der Waals surface area contributed by atoms with Gasteiger partial charge in [0.15, 0.2) is 0 Å². The smallest absolute Gasteiger partial charge is 0.220 e. The molecule has 1 aliphatic rings. The van der Waals surface area contributed by atoms with Crippen molar-refractivity contribution < 1.29 is 4.79 Å². The first-order valence-electron chi connectivity index (χ1n) is 4.52. The molecule has 1 fully saturated rings. The van der Waals surface area contributed by atoms with E-state index in [1.807, 2.05) is 0 Å². The molecule has 3 nitrogen and oxygen atoms in total. The lowest BCUT2D eigenvalue weighted by Crippen LogP contribution is -2.44. The highest BCUT2D eigenvalue weighted by Crippen LogP contribution is 2.07. The van der Waals surface area contributed by atoms with Crippen LogP contribution in [0.4, 0.5) is 0 Å². The van der Waals surface area contributed by atoms with Crippen molar-refractivity contribution in [2.24, 2.45) is 0 Å². The van der Waals surface area contributed by atoms with Crippen molar-refractivity contribution in [3.63, 3.8) is 0 Å². The maximum absolute atomic E-state index is 10.8. The Balaban J connectivity index is 2.20. The number of nitrogens with one attached hydrogen (secondary N) is 2. The third kappa shape index (κ3) is 3.22. The summed E-state index contributed by atoms with van der Waals surface area (Å²) in [7, 11) is 0. The topological polar surface area (TPSA) is 41.1 Å². The van der Waals surface area contributed by atoms with Crippen molar-refractivity contribution in [3.05, 3.63) is 0 Å². The Kier molecular flexibility index (Phi) is 2.73. The van der Waals surface area contributed by atoms with Crippen LogP contribution >= 0.6 is 0 Å². The third-order valence-electron chi connectivity index (χ3n) is 1.96. The first-order chi connectivity index (χ1) is 5.47. The highest BCUT2D eigenvalue weighted by atomic mass is 16.1. The van der Waals surface area contributed by atoms with Gasteiger partial charge in [-0.25, -0.2) is 0 Å². The normalized spacial score (nSPS) is 24.2. The van der Waals surface area contributed by atoms with E-state index in [2.05, 4.69) is 31.4 Å². The van der Waals surface area contributed by atoms with Gasteiger partial charge in [-0.2, -0.15) is 0 Å². The quantitative estimate of drug-likeness (QED) is 0.639. The van der Waals surface area contributed by atoms with Gasteiger partial charge in [0.05, 0.1) is 0 Å². The molecular weight excluding hydrogens is 152 g/mol. The van der Waals surface area contributed by atoms with Crippen LogP contribution in [0.1, 0.15) is 33.6 Å². The van der Waals surface area contributed by atoms with Crippen LogP contribution in [0.15, 0.2) is 0 Å². The summed E-state index contributed by atoms with van der Waals surface area (Å²) in [6, 6.07) is 0.344. The molecule has 1 heterocycles. The van der Waals surface area contributed by atoms with Crippen LogP contribution in [0.25, 0.3) is 0 Å². The van der Waals surface area contributed by atoms with Gasteiger partial charge in [0, 0.05) is 24.5 Å². The number of rotatable bonds is 2. The predicted molar refractivity (Wildman–Crippen MR) is 48.9 cm³/mol. The molecule has 1 amide bonds. The molecule has 1 saturated heterocycles. The van der Waals surface area contributed by atoms with Gasteiger partial charge in [0.1, 0.15) is 0 Å². The van der Waals surface area contributed by atoms with Crippen molar-refractivity contribution in [1.29, 1.82) is 0 Å². The highest BCUT2D eigenvalue weighted by molar-refractivity contribution is 5.78. The largest absolute Gasteiger partial charge is 0.352 e. The molecule has 1 atom stereocenters. The van der Waals surface area contributed by atoms with E-state index in [0.717, 1.165) is 13.0 Å². The molecule has 0 aromatic heterocycles. The fourth-order valence-corrected chi connectivity index (χ4v) is 1.26. The minimum absolute atomic E-state index is 0.146. The van der Waals surface area contributed by atoms with Crippen molar-refractivity contribution >= 4 is 5.91 Å². The SMILES string of the molecule is CC(C)(C)NC[C@@H]1CCC(=O)N1. The zero-order valence-electron chi connectivity index (χ0n) is 8.11. The summed E-state index contributed by atoms with van der Waals surface area (Å²) < 4.78 is 0.